The molecule has 0 saturated carbocycles. The van der Waals surface area contributed by atoms with Crippen LogP contribution in [0.2, 0.25) is 0 Å². The predicted molar refractivity (Wildman–Crippen MR) is 132 cm³/mol. The van der Waals surface area contributed by atoms with Gasteiger partial charge >= 0.3 is 0 Å². The van der Waals surface area contributed by atoms with Crippen LogP contribution >= 0.6 is 0 Å². The van der Waals surface area contributed by atoms with Gasteiger partial charge < -0.3 is 19.5 Å². The van der Waals surface area contributed by atoms with Crippen LogP contribution in [-0.4, -0.2) is 26.2 Å². The van der Waals surface area contributed by atoms with Crippen molar-refractivity contribution in [1.82, 2.24) is 0 Å². The van der Waals surface area contributed by atoms with Crippen molar-refractivity contribution >= 4 is 17.7 Å². The quantitative estimate of drug-likeness (QED) is 0.205. The van der Waals surface area contributed by atoms with Crippen molar-refractivity contribution in [2.75, 3.05) is 25.6 Å². The number of carbonyl (C=O) groups excluding carboxylic acids is 1. The lowest BCUT2D eigenvalue weighted by atomic mass is 10.1. The number of nitriles is 1. The summed E-state index contributed by atoms with van der Waals surface area (Å²) in [6, 6.07) is 14.3. The molecule has 0 fully saturated rings. The molecule has 0 aliphatic carbocycles. The third-order valence-corrected chi connectivity index (χ3v) is 5.04. The van der Waals surface area contributed by atoms with Crippen LogP contribution in [0.1, 0.15) is 57.9 Å². The Morgan fingerprint density at radius 2 is 1.70 bits per heavy atom. The van der Waals surface area contributed by atoms with Crippen molar-refractivity contribution in [3.05, 3.63) is 53.6 Å². The van der Waals surface area contributed by atoms with E-state index in [-0.39, 0.29) is 5.57 Å². The average molecular weight is 451 g/mol. The van der Waals surface area contributed by atoms with Crippen molar-refractivity contribution in [2.24, 2.45) is 0 Å². The van der Waals surface area contributed by atoms with Gasteiger partial charge in [0.2, 0.25) is 0 Å². The molecule has 0 bridgehead atoms. The highest BCUT2D eigenvalue weighted by atomic mass is 16.5. The number of nitrogens with zero attached hydrogens (tertiary/aromatic N) is 1. The van der Waals surface area contributed by atoms with Gasteiger partial charge in [-0.25, -0.2) is 0 Å². The van der Waals surface area contributed by atoms with Crippen molar-refractivity contribution in [3.63, 3.8) is 0 Å². The summed E-state index contributed by atoms with van der Waals surface area (Å²) in [5, 5.41) is 12.2. The molecule has 2 aromatic rings. The normalized spacial score (nSPS) is 10.9. The van der Waals surface area contributed by atoms with E-state index in [1.54, 1.807) is 49.6 Å². The Morgan fingerprint density at radius 1 is 0.970 bits per heavy atom. The van der Waals surface area contributed by atoms with Gasteiger partial charge in [-0.2, -0.15) is 5.26 Å². The number of anilines is 1. The molecular weight excluding hydrogens is 416 g/mol. The zero-order chi connectivity index (χ0) is 23.9. The fourth-order valence-corrected chi connectivity index (χ4v) is 3.27. The van der Waals surface area contributed by atoms with Crippen LogP contribution in [-0.2, 0) is 4.79 Å². The molecule has 0 heterocycles. The monoisotopic (exact) mass is 450 g/mol. The summed E-state index contributed by atoms with van der Waals surface area (Å²) in [7, 11) is 1.57. The van der Waals surface area contributed by atoms with Gasteiger partial charge in [-0.15, -0.1) is 0 Å². The highest BCUT2D eigenvalue weighted by Crippen LogP contribution is 2.29. The summed E-state index contributed by atoms with van der Waals surface area (Å²) in [5.74, 6) is 1.46. The van der Waals surface area contributed by atoms with Crippen molar-refractivity contribution in [2.45, 2.75) is 52.4 Å². The van der Waals surface area contributed by atoms with Gasteiger partial charge in [-0.1, -0.05) is 45.1 Å². The van der Waals surface area contributed by atoms with Gasteiger partial charge in [0, 0.05) is 5.69 Å². The molecule has 0 atom stereocenters. The minimum Gasteiger partial charge on any atom is -0.494 e. The summed E-state index contributed by atoms with van der Waals surface area (Å²) in [5.41, 5.74) is 1.25. The first-order chi connectivity index (χ1) is 16.1. The Hall–Kier alpha value is -3.46. The number of amides is 1. The second-order valence-corrected chi connectivity index (χ2v) is 7.61. The maximum atomic E-state index is 12.6. The molecule has 1 amide bonds. The number of hydrogen-bond donors (Lipinski definition) is 1. The molecule has 33 heavy (non-hydrogen) atoms. The molecule has 1 N–H and O–H groups in total. The molecule has 6 nitrogen and oxygen atoms in total. The van der Waals surface area contributed by atoms with E-state index in [9.17, 15) is 10.1 Å². The third-order valence-electron chi connectivity index (χ3n) is 5.04. The second kappa shape index (κ2) is 14.6. The largest absolute Gasteiger partial charge is 0.494 e. The van der Waals surface area contributed by atoms with Gasteiger partial charge in [0.25, 0.3) is 5.91 Å². The Bertz CT molecular complexity index is 946. The number of benzene rings is 2. The number of nitrogens with one attached hydrogen (secondary N) is 1. The topological polar surface area (TPSA) is 80.6 Å². The summed E-state index contributed by atoms with van der Waals surface area (Å²) >= 11 is 0. The van der Waals surface area contributed by atoms with Crippen LogP contribution in [0.25, 0.3) is 6.08 Å². The van der Waals surface area contributed by atoms with Crippen LogP contribution in [0.3, 0.4) is 0 Å². The van der Waals surface area contributed by atoms with E-state index in [0.29, 0.717) is 36.0 Å². The predicted octanol–water partition coefficient (Wildman–Crippen LogP) is 6.38. The number of ether oxygens (including phenoxy) is 3. The summed E-state index contributed by atoms with van der Waals surface area (Å²) in [6.45, 7) is 5.32. The summed E-state index contributed by atoms with van der Waals surface area (Å²) < 4.78 is 16.7. The molecule has 0 radical (unpaired) electrons. The first kappa shape index (κ1) is 25.8. The fourth-order valence-electron chi connectivity index (χ4n) is 3.27. The maximum absolute atomic E-state index is 12.6. The lowest BCUT2D eigenvalue weighted by molar-refractivity contribution is -0.112. The van der Waals surface area contributed by atoms with Crippen molar-refractivity contribution < 1.29 is 19.0 Å². The fraction of sp³-hybridized carbons (Fsp3) is 0.407. The van der Waals surface area contributed by atoms with Gasteiger partial charge in [0.05, 0.1) is 20.3 Å². The molecule has 0 aromatic heterocycles. The number of methoxy groups -OCH3 is 1. The molecule has 0 unspecified atom stereocenters. The van der Waals surface area contributed by atoms with E-state index in [1.165, 1.54) is 31.8 Å². The molecule has 0 spiro atoms. The van der Waals surface area contributed by atoms with E-state index in [2.05, 4.69) is 12.2 Å². The maximum Gasteiger partial charge on any atom is 0.266 e. The van der Waals surface area contributed by atoms with Crippen molar-refractivity contribution in [1.29, 1.82) is 5.26 Å². The Labute approximate surface area is 197 Å². The molecule has 2 rings (SSSR count). The van der Waals surface area contributed by atoms with Crippen LogP contribution in [0.5, 0.6) is 17.2 Å². The van der Waals surface area contributed by atoms with E-state index in [1.807, 2.05) is 13.0 Å². The molecule has 0 aliphatic rings. The SMILES string of the molecule is CCCCCCCCOc1ccc(/C=C(\C#N)C(=O)Nc2ccc(OCC)cc2)cc1OC. The summed E-state index contributed by atoms with van der Waals surface area (Å²) in [4.78, 5) is 12.6. The molecule has 0 aliphatic heterocycles. The molecule has 0 saturated heterocycles. The van der Waals surface area contributed by atoms with Gasteiger partial charge in [-0.3, -0.25) is 4.79 Å². The van der Waals surface area contributed by atoms with Crippen LogP contribution < -0.4 is 19.5 Å². The van der Waals surface area contributed by atoms with Crippen LogP contribution in [0.4, 0.5) is 5.69 Å². The lowest BCUT2D eigenvalue weighted by Gasteiger charge is -2.11. The number of unbranched alkanes of at least 4 members (excludes halogenated alkanes) is 5. The highest BCUT2D eigenvalue weighted by molar-refractivity contribution is 6.09. The van der Waals surface area contributed by atoms with Gasteiger partial charge in [0.15, 0.2) is 11.5 Å². The van der Waals surface area contributed by atoms with E-state index < -0.39 is 5.91 Å². The number of hydrogen-bond acceptors (Lipinski definition) is 5. The first-order valence-corrected chi connectivity index (χ1v) is 11.6. The average Bonchev–Trinajstić information content (AvgIpc) is 2.83. The third kappa shape index (κ3) is 8.89. The number of rotatable bonds is 14. The van der Waals surface area contributed by atoms with Gasteiger partial charge in [0.1, 0.15) is 17.4 Å². The Kier molecular flexibility index (Phi) is 11.4. The minimum atomic E-state index is -0.482. The van der Waals surface area contributed by atoms with Crippen molar-refractivity contribution in [3.8, 4) is 23.3 Å². The Morgan fingerprint density at radius 3 is 2.36 bits per heavy atom. The zero-order valence-electron chi connectivity index (χ0n) is 19.9. The second-order valence-electron chi connectivity index (χ2n) is 7.61. The molecule has 2 aromatic carbocycles. The van der Waals surface area contributed by atoms with Crippen LogP contribution in [0, 0.1) is 11.3 Å². The molecule has 6 heteroatoms. The Balaban J connectivity index is 1.98. The van der Waals surface area contributed by atoms with E-state index in [0.717, 1.165) is 18.6 Å². The standard InChI is InChI=1S/C27H34N2O4/c1-4-6-7-8-9-10-17-33-25-16-11-21(19-26(25)31-3)18-22(20-28)27(30)29-23-12-14-24(15-13-23)32-5-2/h11-16,18-19H,4-10,17H2,1-3H3,(H,29,30)/b22-18+. The molecular formula is C27H34N2O4. The van der Waals surface area contributed by atoms with E-state index >= 15 is 0 Å². The summed E-state index contributed by atoms with van der Waals surface area (Å²) in [6.07, 6.45) is 8.71. The highest BCUT2D eigenvalue weighted by Gasteiger charge is 2.11. The van der Waals surface area contributed by atoms with Gasteiger partial charge in [-0.05, 0) is 61.4 Å². The van der Waals surface area contributed by atoms with Crippen LogP contribution in [0.15, 0.2) is 48.0 Å². The molecule has 176 valence electrons. The first-order valence-electron chi connectivity index (χ1n) is 11.6. The number of carbonyl (C=O) groups is 1. The smallest absolute Gasteiger partial charge is 0.266 e. The van der Waals surface area contributed by atoms with E-state index in [4.69, 9.17) is 14.2 Å². The lowest BCUT2D eigenvalue weighted by Crippen LogP contribution is -2.13. The minimum absolute atomic E-state index is 0.00770. The zero-order valence-corrected chi connectivity index (χ0v) is 19.9.